The second-order valence-corrected chi connectivity index (χ2v) is 4.15. The third kappa shape index (κ3) is 3.14. The molecule has 0 aliphatic heterocycles. The van der Waals surface area contributed by atoms with Crippen LogP contribution in [0.25, 0.3) is 0 Å². The second-order valence-electron chi connectivity index (χ2n) is 4.15. The maximum Gasteiger partial charge on any atom is 0.337 e. The van der Waals surface area contributed by atoms with Crippen LogP contribution in [0.1, 0.15) is 20.7 Å². The number of anilines is 2. The number of methoxy groups -OCH3 is 1. The first kappa shape index (κ1) is 13.6. The molecule has 0 fully saturated rings. The van der Waals surface area contributed by atoms with E-state index in [2.05, 4.69) is 10.1 Å². The van der Waals surface area contributed by atoms with Crippen molar-refractivity contribution in [3.05, 3.63) is 59.7 Å². The van der Waals surface area contributed by atoms with Crippen molar-refractivity contribution >= 4 is 23.3 Å². The number of carbonyl (C=O) groups excluding carboxylic acids is 2. The van der Waals surface area contributed by atoms with Gasteiger partial charge in [0.25, 0.3) is 5.91 Å². The summed E-state index contributed by atoms with van der Waals surface area (Å²) in [6, 6.07) is 13.1. The molecule has 0 aromatic heterocycles. The third-order valence-corrected chi connectivity index (χ3v) is 2.71. The van der Waals surface area contributed by atoms with Crippen LogP contribution in [0.4, 0.5) is 11.4 Å². The molecular weight excluding hydrogens is 256 g/mol. The highest BCUT2D eigenvalue weighted by molar-refractivity contribution is 6.05. The number of hydrogen-bond acceptors (Lipinski definition) is 4. The van der Waals surface area contributed by atoms with Crippen molar-refractivity contribution in [2.45, 2.75) is 0 Å². The summed E-state index contributed by atoms with van der Waals surface area (Å²) in [5, 5.41) is 2.72. The molecule has 1 amide bonds. The summed E-state index contributed by atoms with van der Waals surface area (Å²) in [5.41, 5.74) is 7.64. The minimum Gasteiger partial charge on any atom is -0.465 e. The molecule has 20 heavy (non-hydrogen) atoms. The lowest BCUT2D eigenvalue weighted by Crippen LogP contribution is -2.12. The summed E-state index contributed by atoms with van der Waals surface area (Å²) in [7, 11) is 1.32. The van der Waals surface area contributed by atoms with E-state index in [1.165, 1.54) is 7.11 Å². The maximum absolute atomic E-state index is 12.0. The van der Waals surface area contributed by atoms with Gasteiger partial charge in [0.05, 0.1) is 12.7 Å². The van der Waals surface area contributed by atoms with Crippen molar-refractivity contribution in [1.29, 1.82) is 0 Å². The van der Waals surface area contributed by atoms with Crippen molar-refractivity contribution in [1.82, 2.24) is 0 Å². The van der Waals surface area contributed by atoms with E-state index in [-0.39, 0.29) is 5.91 Å². The van der Waals surface area contributed by atoms with E-state index >= 15 is 0 Å². The molecule has 5 heteroatoms. The van der Waals surface area contributed by atoms with Crippen molar-refractivity contribution in [2.75, 3.05) is 18.2 Å². The minimum atomic E-state index is -0.418. The molecule has 0 saturated carbocycles. The third-order valence-electron chi connectivity index (χ3n) is 2.71. The number of esters is 1. The summed E-state index contributed by atoms with van der Waals surface area (Å²) in [5.74, 6) is -0.679. The van der Waals surface area contributed by atoms with E-state index in [0.717, 1.165) is 0 Å². The molecule has 0 spiro atoms. The minimum absolute atomic E-state index is 0.261. The van der Waals surface area contributed by atoms with Gasteiger partial charge in [-0.1, -0.05) is 6.07 Å². The summed E-state index contributed by atoms with van der Waals surface area (Å²) in [6.45, 7) is 0. The van der Waals surface area contributed by atoms with E-state index in [1.807, 2.05) is 0 Å². The predicted molar refractivity (Wildman–Crippen MR) is 76.6 cm³/mol. The molecule has 3 N–H and O–H groups in total. The molecule has 0 unspecified atom stereocenters. The Morgan fingerprint density at radius 1 is 1.05 bits per heavy atom. The first-order valence-corrected chi connectivity index (χ1v) is 5.95. The summed E-state index contributed by atoms with van der Waals surface area (Å²) >= 11 is 0. The Bertz CT molecular complexity index is 636. The second kappa shape index (κ2) is 5.88. The van der Waals surface area contributed by atoms with Crippen LogP contribution in [0.5, 0.6) is 0 Å². The van der Waals surface area contributed by atoms with E-state index in [4.69, 9.17) is 5.73 Å². The molecule has 0 aliphatic rings. The van der Waals surface area contributed by atoms with Gasteiger partial charge in [-0.2, -0.15) is 0 Å². The fourth-order valence-electron chi connectivity index (χ4n) is 1.69. The van der Waals surface area contributed by atoms with Gasteiger partial charge in [-0.3, -0.25) is 4.79 Å². The molecule has 0 saturated heterocycles. The monoisotopic (exact) mass is 270 g/mol. The van der Waals surface area contributed by atoms with E-state index in [9.17, 15) is 9.59 Å². The van der Waals surface area contributed by atoms with Crippen LogP contribution in [0.15, 0.2) is 48.5 Å². The van der Waals surface area contributed by atoms with Crippen LogP contribution >= 0.6 is 0 Å². The molecule has 2 aromatic rings. The average molecular weight is 270 g/mol. The normalized spacial score (nSPS) is 9.85. The fourth-order valence-corrected chi connectivity index (χ4v) is 1.69. The summed E-state index contributed by atoms with van der Waals surface area (Å²) < 4.78 is 4.60. The highest BCUT2D eigenvalue weighted by atomic mass is 16.5. The van der Waals surface area contributed by atoms with Crippen LogP contribution in [0, 0.1) is 0 Å². The Kier molecular flexibility index (Phi) is 4.00. The molecule has 0 aliphatic carbocycles. The van der Waals surface area contributed by atoms with Gasteiger partial charge in [-0.15, -0.1) is 0 Å². The first-order valence-electron chi connectivity index (χ1n) is 5.95. The van der Waals surface area contributed by atoms with E-state index < -0.39 is 5.97 Å². The molecule has 102 valence electrons. The van der Waals surface area contributed by atoms with Gasteiger partial charge in [0.1, 0.15) is 0 Å². The van der Waals surface area contributed by atoms with Gasteiger partial charge in [0.2, 0.25) is 0 Å². The Labute approximate surface area is 116 Å². The molecular formula is C15H14N2O3. The molecule has 0 bridgehead atoms. The van der Waals surface area contributed by atoms with Gasteiger partial charge in [-0.05, 0) is 42.5 Å². The smallest absolute Gasteiger partial charge is 0.337 e. The SMILES string of the molecule is COC(=O)c1ccc(NC(=O)c2cccc(N)c2)cc1. The molecule has 5 nitrogen and oxygen atoms in total. The molecule has 0 radical (unpaired) electrons. The number of nitrogens with two attached hydrogens (primary N) is 1. The van der Waals surface area contributed by atoms with Crippen LogP contribution in [0.3, 0.4) is 0 Å². The lowest BCUT2D eigenvalue weighted by Gasteiger charge is -2.06. The lowest BCUT2D eigenvalue weighted by atomic mass is 10.1. The van der Waals surface area contributed by atoms with Crippen LogP contribution in [-0.4, -0.2) is 19.0 Å². The Balaban J connectivity index is 2.10. The fraction of sp³-hybridized carbons (Fsp3) is 0.0667. The van der Waals surface area contributed by atoms with E-state index in [0.29, 0.717) is 22.5 Å². The van der Waals surface area contributed by atoms with Gasteiger partial charge in [-0.25, -0.2) is 4.79 Å². The number of ether oxygens (including phenoxy) is 1. The highest BCUT2D eigenvalue weighted by Gasteiger charge is 2.08. The molecule has 0 heterocycles. The van der Waals surface area contributed by atoms with Crippen molar-refractivity contribution in [2.24, 2.45) is 0 Å². The quantitative estimate of drug-likeness (QED) is 0.662. The van der Waals surface area contributed by atoms with Crippen molar-refractivity contribution in [3.63, 3.8) is 0 Å². The number of nitrogens with one attached hydrogen (secondary N) is 1. The molecule has 2 rings (SSSR count). The number of amides is 1. The summed E-state index contributed by atoms with van der Waals surface area (Å²) in [4.78, 5) is 23.3. The van der Waals surface area contributed by atoms with Crippen molar-refractivity contribution < 1.29 is 14.3 Å². The standard InChI is InChI=1S/C15H14N2O3/c1-20-15(19)10-5-7-13(8-6-10)17-14(18)11-3-2-4-12(16)9-11/h2-9H,16H2,1H3,(H,17,18). The Morgan fingerprint density at radius 3 is 2.35 bits per heavy atom. The number of nitrogen functional groups attached to an aromatic ring is 1. The Hall–Kier alpha value is -2.82. The van der Waals surface area contributed by atoms with Gasteiger partial charge >= 0.3 is 5.97 Å². The van der Waals surface area contributed by atoms with E-state index in [1.54, 1.807) is 48.5 Å². The average Bonchev–Trinajstić information content (AvgIpc) is 2.47. The zero-order valence-corrected chi connectivity index (χ0v) is 10.9. The Morgan fingerprint density at radius 2 is 1.75 bits per heavy atom. The topological polar surface area (TPSA) is 81.4 Å². The highest BCUT2D eigenvalue weighted by Crippen LogP contribution is 2.13. The number of hydrogen-bond donors (Lipinski definition) is 2. The van der Waals surface area contributed by atoms with Gasteiger partial charge in [0, 0.05) is 16.9 Å². The largest absolute Gasteiger partial charge is 0.465 e. The number of rotatable bonds is 3. The number of carbonyl (C=O) groups is 2. The van der Waals surface area contributed by atoms with Gasteiger partial charge < -0.3 is 15.8 Å². The van der Waals surface area contributed by atoms with Crippen LogP contribution in [0.2, 0.25) is 0 Å². The predicted octanol–water partition coefficient (Wildman–Crippen LogP) is 2.31. The molecule has 0 atom stereocenters. The van der Waals surface area contributed by atoms with Crippen LogP contribution in [-0.2, 0) is 4.74 Å². The zero-order valence-electron chi connectivity index (χ0n) is 10.9. The molecule has 2 aromatic carbocycles. The zero-order chi connectivity index (χ0) is 14.5. The first-order chi connectivity index (χ1) is 9.60. The van der Waals surface area contributed by atoms with Crippen LogP contribution < -0.4 is 11.1 Å². The van der Waals surface area contributed by atoms with Crippen molar-refractivity contribution in [3.8, 4) is 0 Å². The summed E-state index contributed by atoms with van der Waals surface area (Å²) in [6.07, 6.45) is 0. The maximum atomic E-state index is 12.0. The lowest BCUT2D eigenvalue weighted by molar-refractivity contribution is 0.0600. The van der Waals surface area contributed by atoms with Gasteiger partial charge in [0.15, 0.2) is 0 Å². The number of benzene rings is 2.